The summed E-state index contributed by atoms with van der Waals surface area (Å²) in [5.41, 5.74) is 1.30. The van der Waals surface area contributed by atoms with E-state index in [1.54, 1.807) is 24.3 Å². The van der Waals surface area contributed by atoms with Gasteiger partial charge >= 0.3 is 5.69 Å². The molecule has 0 radical (unpaired) electrons. The van der Waals surface area contributed by atoms with Crippen molar-refractivity contribution < 1.29 is 4.79 Å². The lowest BCUT2D eigenvalue weighted by Crippen LogP contribution is -2.44. The molecule has 2 aromatic carbocycles. The molecule has 166 valence electrons. The molecule has 0 unspecified atom stereocenters. The monoisotopic (exact) mass is 453 g/mol. The molecule has 4 rings (SSSR count). The maximum absolute atomic E-state index is 12.7. The van der Waals surface area contributed by atoms with Crippen LogP contribution in [-0.4, -0.2) is 39.9 Å². The number of fused-ring (bicyclic) bond motifs is 1. The van der Waals surface area contributed by atoms with E-state index in [9.17, 15) is 14.4 Å². The quantitative estimate of drug-likeness (QED) is 0.578. The van der Waals surface area contributed by atoms with Gasteiger partial charge in [0.25, 0.3) is 11.5 Å². The van der Waals surface area contributed by atoms with Gasteiger partial charge < -0.3 is 10.2 Å². The Morgan fingerprint density at radius 2 is 1.88 bits per heavy atom. The Morgan fingerprint density at radius 3 is 2.66 bits per heavy atom. The number of carbonyl (C=O) groups excluding carboxylic acids is 1. The van der Waals surface area contributed by atoms with Crippen LogP contribution >= 0.6 is 11.6 Å². The van der Waals surface area contributed by atoms with Crippen molar-refractivity contribution in [2.75, 3.05) is 24.5 Å². The van der Waals surface area contributed by atoms with Crippen LogP contribution in [0, 0.1) is 0 Å². The van der Waals surface area contributed by atoms with Gasteiger partial charge in [0.1, 0.15) is 0 Å². The molecule has 0 fully saturated rings. The zero-order valence-electron chi connectivity index (χ0n) is 17.8. The number of anilines is 1. The molecule has 0 aliphatic carbocycles. The molecule has 3 aromatic rings. The molecule has 1 aliphatic rings. The summed E-state index contributed by atoms with van der Waals surface area (Å²) in [6.07, 6.45) is 2.91. The maximum Gasteiger partial charge on any atom is 0.351 e. The van der Waals surface area contributed by atoms with Crippen LogP contribution < -0.4 is 21.5 Å². The van der Waals surface area contributed by atoms with Crippen molar-refractivity contribution in [3.63, 3.8) is 0 Å². The SMILES string of the molecule is Cn1c(=O)c(C(=O)NCCCN2CCCc3ccccc32)nn(-c2ccc(Cl)cc2)c1=O. The van der Waals surface area contributed by atoms with E-state index in [1.165, 1.54) is 18.3 Å². The van der Waals surface area contributed by atoms with Crippen LogP contribution in [0.2, 0.25) is 5.02 Å². The van der Waals surface area contributed by atoms with Gasteiger partial charge in [-0.05, 0) is 55.2 Å². The summed E-state index contributed by atoms with van der Waals surface area (Å²) >= 11 is 5.90. The van der Waals surface area contributed by atoms with E-state index >= 15 is 0 Å². The molecule has 0 saturated carbocycles. The Bertz CT molecular complexity index is 1250. The van der Waals surface area contributed by atoms with Crippen LogP contribution in [0.3, 0.4) is 0 Å². The van der Waals surface area contributed by atoms with Crippen LogP contribution in [0.5, 0.6) is 0 Å². The smallest absolute Gasteiger partial charge is 0.351 e. The lowest BCUT2D eigenvalue weighted by atomic mass is 10.0. The summed E-state index contributed by atoms with van der Waals surface area (Å²) in [6.45, 7) is 2.18. The van der Waals surface area contributed by atoms with Gasteiger partial charge in [-0.3, -0.25) is 14.2 Å². The zero-order valence-corrected chi connectivity index (χ0v) is 18.5. The van der Waals surface area contributed by atoms with Crippen molar-refractivity contribution in [1.29, 1.82) is 0 Å². The Labute approximate surface area is 190 Å². The number of hydrogen-bond donors (Lipinski definition) is 1. The Morgan fingerprint density at radius 1 is 1.12 bits per heavy atom. The molecule has 8 nitrogen and oxygen atoms in total. The highest BCUT2D eigenvalue weighted by Crippen LogP contribution is 2.26. The molecule has 1 amide bonds. The Hall–Kier alpha value is -3.39. The van der Waals surface area contributed by atoms with Crippen molar-refractivity contribution in [2.24, 2.45) is 7.05 Å². The fraction of sp³-hybridized carbons (Fsp3) is 0.304. The first kappa shape index (κ1) is 21.8. The number of hydrogen-bond acceptors (Lipinski definition) is 5. The molecule has 0 bridgehead atoms. The number of halogens is 1. The van der Waals surface area contributed by atoms with Crippen LogP contribution in [0.15, 0.2) is 58.1 Å². The topological polar surface area (TPSA) is 89.2 Å². The van der Waals surface area contributed by atoms with E-state index < -0.39 is 17.2 Å². The predicted octanol–water partition coefficient (Wildman–Crippen LogP) is 2.16. The third kappa shape index (κ3) is 4.45. The average Bonchev–Trinajstić information content (AvgIpc) is 2.81. The van der Waals surface area contributed by atoms with Crippen molar-refractivity contribution in [2.45, 2.75) is 19.3 Å². The van der Waals surface area contributed by atoms with Crippen molar-refractivity contribution in [1.82, 2.24) is 19.7 Å². The zero-order chi connectivity index (χ0) is 22.7. The fourth-order valence-electron chi connectivity index (χ4n) is 3.87. The minimum atomic E-state index is -0.734. The number of nitrogens with zero attached hydrogens (tertiary/aromatic N) is 4. The molecule has 0 atom stereocenters. The number of benzene rings is 2. The minimum absolute atomic E-state index is 0.328. The van der Waals surface area contributed by atoms with Crippen LogP contribution in [0.1, 0.15) is 28.9 Å². The number of aromatic nitrogens is 3. The summed E-state index contributed by atoms with van der Waals surface area (Å²) in [6, 6.07) is 14.8. The first-order chi connectivity index (χ1) is 15.5. The number of carbonyl (C=O) groups is 1. The van der Waals surface area contributed by atoms with Gasteiger partial charge in [0, 0.05) is 37.4 Å². The van der Waals surface area contributed by atoms with Gasteiger partial charge in [-0.1, -0.05) is 29.8 Å². The maximum atomic E-state index is 12.7. The highest BCUT2D eigenvalue weighted by atomic mass is 35.5. The Kier molecular flexibility index (Phi) is 6.41. The van der Waals surface area contributed by atoms with Crippen LogP contribution in [0.25, 0.3) is 5.69 Å². The van der Waals surface area contributed by atoms with Crippen LogP contribution in [0.4, 0.5) is 5.69 Å². The van der Waals surface area contributed by atoms with Crippen molar-refractivity contribution in [3.05, 3.63) is 85.6 Å². The summed E-state index contributed by atoms with van der Waals surface area (Å²) in [5.74, 6) is -0.604. The molecular formula is C23H24ClN5O3. The molecule has 32 heavy (non-hydrogen) atoms. The third-order valence-electron chi connectivity index (χ3n) is 5.56. The van der Waals surface area contributed by atoms with Gasteiger partial charge in [-0.25, -0.2) is 4.79 Å². The normalized spacial score (nSPS) is 13.0. The molecule has 1 aliphatic heterocycles. The number of nitrogens with one attached hydrogen (secondary N) is 1. The van der Waals surface area contributed by atoms with E-state index in [4.69, 9.17) is 11.6 Å². The minimum Gasteiger partial charge on any atom is -0.371 e. The molecule has 0 saturated heterocycles. The summed E-state index contributed by atoms with van der Waals surface area (Å²) in [7, 11) is 1.32. The van der Waals surface area contributed by atoms with Gasteiger partial charge in [0.05, 0.1) is 5.69 Å². The highest BCUT2D eigenvalue weighted by Gasteiger charge is 2.19. The summed E-state index contributed by atoms with van der Waals surface area (Å²) in [4.78, 5) is 40.0. The van der Waals surface area contributed by atoms with Gasteiger partial charge in [-0.2, -0.15) is 9.78 Å². The summed E-state index contributed by atoms with van der Waals surface area (Å²) in [5, 5.41) is 7.30. The predicted molar refractivity (Wildman–Crippen MR) is 124 cm³/mol. The standard InChI is InChI=1S/C23H24ClN5O3/c1-27-22(31)20(26-29(23(27)32)18-11-9-17(24)10-12-18)21(30)25-13-5-15-28-14-4-7-16-6-2-3-8-19(16)28/h2-3,6,8-12H,4-5,7,13-15H2,1H3,(H,25,30). The van der Waals surface area contributed by atoms with Gasteiger partial charge in [0.15, 0.2) is 0 Å². The van der Waals surface area contributed by atoms with E-state index in [0.717, 1.165) is 41.6 Å². The van der Waals surface area contributed by atoms with Crippen molar-refractivity contribution >= 4 is 23.2 Å². The highest BCUT2D eigenvalue weighted by molar-refractivity contribution is 6.30. The lowest BCUT2D eigenvalue weighted by molar-refractivity contribution is 0.0943. The third-order valence-corrected chi connectivity index (χ3v) is 5.81. The number of para-hydroxylation sites is 1. The summed E-state index contributed by atoms with van der Waals surface area (Å²) < 4.78 is 1.90. The molecule has 9 heteroatoms. The average molecular weight is 454 g/mol. The second-order valence-corrected chi connectivity index (χ2v) is 8.15. The number of amides is 1. The van der Waals surface area contributed by atoms with E-state index in [1.807, 2.05) is 6.07 Å². The second kappa shape index (κ2) is 9.40. The molecule has 0 spiro atoms. The molecule has 2 heterocycles. The first-order valence-electron chi connectivity index (χ1n) is 10.5. The number of aryl methyl sites for hydroxylation is 1. The van der Waals surface area contributed by atoms with Gasteiger partial charge in [-0.15, -0.1) is 0 Å². The van der Waals surface area contributed by atoms with Crippen molar-refractivity contribution in [3.8, 4) is 5.69 Å². The van der Waals surface area contributed by atoms with Crippen LogP contribution in [-0.2, 0) is 13.5 Å². The molecular weight excluding hydrogens is 430 g/mol. The second-order valence-electron chi connectivity index (χ2n) is 7.71. The number of rotatable bonds is 6. The molecule has 1 aromatic heterocycles. The molecule has 1 N–H and O–H groups in total. The van der Waals surface area contributed by atoms with Gasteiger partial charge in [0.2, 0.25) is 5.69 Å². The fourth-order valence-corrected chi connectivity index (χ4v) is 3.99. The first-order valence-corrected chi connectivity index (χ1v) is 10.9. The van der Waals surface area contributed by atoms with E-state index in [0.29, 0.717) is 17.3 Å². The lowest BCUT2D eigenvalue weighted by Gasteiger charge is -2.31. The largest absolute Gasteiger partial charge is 0.371 e. The van der Waals surface area contributed by atoms with E-state index in [2.05, 4.69) is 33.5 Å². The van der Waals surface area contributed by atoms with E-state index in [-0.39, 0.29) is 5.69 Å². The Balaban J connectivity index is 1.44.